The Bertz CT molecular complexity index is 1340. The van der Waals surface area contributed by atoms with E-state index in [4.69, 9.17) is 11.5 Å². The highest BCUT2D eigenvalue weighted by molar-refractivity contribution is 6.00. The summed E-state index contributed by atoms with van der Waals surface area (Å²) in [5.41, 5.74) is 11.2. The van der Waals surface area contributed by atoms with Crippen molar-refractivity contribution in [2.45, 2.75) is 19.4 Å². The number of anilines is 3. The van der Waals surface area contributed by atoms with Gasteiger partial charge in [0.05, 0.1) is 18.1 Å². The lowest BCUT2D eigenvalue weighted by atomic mass is 10.2. The molecule has 0 unspecified atom stereocenters. The summed E-state index contributed by atoms with van der Waals surface area (Å²) in [4.78, 5) is 19.6. The molecule has 1 aromatic carbocycles. The van der Waals surface area contributed by atoms with Gasteiger partial charge in [0.15, 0.2) is 23.1 Å². The average Bonchev–Trinajstić information content (AvgIpc) is 3.11. The van der Waals surface area contributed by atoms with Crippen molar-refractivity contribution in [2.75, 3.05) is 16.8 Å². The van der Waals surface area contributed by atoms with E-state index in [0.717, 1.165) is 12.1 Å². The largest absolute Gasteiger partial charge is 0.382 e. The molecule has 3 heterocycles. The number of carbonyl (C=O) groups excluding carboxylic acids is 1. The van der Waals surface area contributed by atoms with E-state index in [0.29, 0.717) is 12.3 Å². The Morgan fingerprint density at radius 3 is 2.36 bits per heavy atom. The fourth-order valence-electron chi connectivity index (χ4n) is 2.98. The van der Waals surface area contributed by atoms with Gasteiger partial charge in [0, 0.05) is 12.5 Å². The molecule has 0 fully saturated rings. The third-order valence-corrected chi connectivity index (χ3v) is 4.61. The summed E-state index contributed by atoms with van der Waals surface area (Å²) in [6, 6.07) is 4.96. The van der Waals surface area contributed by atoms with Crippen molar-refractivity contribution in [1.29, 1.82) is 0 Å². The van der Waals surface area contributed by atoms with Gasteiger partial charge >= 0.3 is 5.92 Å². The molecule has 4 aromatic rings. The molecule has 10 nitrogen and oxygen atoms in total. The van der Waals surface area contributed by atoms with Crippen LogP contribution < -0.4 is 16.8 Å². The molecule has 5 N–H and O–H groups in total. The molecule has 4 rings (SSSR count). The number of alkyl halides is 2. The number of aromatic nitrogens is 6. The number of fused-ring (bicyclic) bond motifs is 1. The zero-order valence-electron chi connectivity index (χ0n) is 16.9. The highest BCUT2D eigenvalue weighted by Gasteiger charge is 2.33. The Kier molecular flexibility index (Phi) is 5.27. The first-order valence-corrected chi connectivity index (χ1v) is 9.30. The normalized spacial score (nSPS) is 11.7. The minimum Gasteiger partial charge on any atom is -0.382 e. The van der Waals surface area contributed by atoms with E-state index < -0.39 is 23.5 Å². The van der Waals surface area contributed by atoms with Gasteiger partial charge in [-0.1, -0.05) is 6.07 Å². The second kappa shape index (κ2) is 7.96. The van der Waals surface area contributed by atoms with Crippen molar-refractivity contribution < 1.29 is 22.4 Å². The van der Waals surface area contributed by atoms with E-state index in [2.05, 4.69) is 25.3 Å². The standard InChI is InChI=1S/C19H15F4N9O/c1-19(22,23)18(33)27-13-14(24)28-16(29-15(13)25)12-8-5-6-26-30-17(8)32(31-12)7-9-10(20)3-2-4-11(9)21/h2-6H,7H2,1H3,(H,27,33)(H4,24,25,28,29). The van der Waals surface area contributed by atoms with Crippen molar-refractivity contribution in [2.24, 2.45) is 0 Å². The number of benzene rings is 1. The summed E-state index contributed by atoms with van der Waals surface area (Å²) in [6.45, 7) is 0.0839. The second-order valence-electron chi connectivity index (χ2n) is 7.01. The Morgan fingerprint density at radius 2 is 1.76 bits per heavy atom. The van der Waals surface area contributed by atoms with Gasteiger partial charge in [0.25, 0.3) is 5.91 Å². The number of nitrogens with two attached hydrogens (primary N) is 2. The van der Waals surface area contributed by atoms with Crippen LogP contribution in [0.5, 0.6) is 0 Å². The van der Waals surface area contributed by atoms with Crippen molar-refractivity contribution in [3.8, 4) is 11.5 Å². The number of nitrogen functional groups attached to an aromatic ring is 2. The van der Waals surface area contributed by atoms with E-state index in [1.807, 2.05) is 5.32 Å². The molecule has 1 amide bonds. The first kappa shape index (κ1) is 21.9. The quantitative estimate of drug-likeness (QED) is 0.383. The Hall–Kier alpha value is -4.36. The van der Waals surface area contributed by atoms with Crippen LogP contribution in [0, 0.1) is 11.6 Å². The SMILES string of the molecule is CC(F)(F)C(=O)Nc1c(N)nc(-c2nn(Cc3c(F)cccc3F)c3nnccc23)nc1N. The lowest BCUT2D eigenvalue weighted by Gasteiger charge is -2.14. The van der Waals surface area contributed by atoms with Gasteiger partial charge in [-0.25, -0.2) is 23.4 Å². The molecule has 170 valence electrons. The lowest BCUT2D eigenvalue weighted by molar-refractivity contribution is -0.137. The number of halogens is 4. The van der Waals surface area contributed by atoms with Gasteiger partial charge in [0.2, 0.25) is 0 Å². The molecular weight excluding hydrogens is 446 g/mol. The van der Waals surface area contributed by atoms with Gasteiger partial charge in [0.1, 0.15) is 23.0 Å². The molecule has 0 saturated heterocycles. The van der Waals surface area contributed by atoms with Crippen molar-refractivity contribution >= 4 is 34.3 Å². The third-order valence-electron chi connectivity index (χ3n) is 4.61. The zero-order valence-corrected chi connectivity index (χ0v) is 16.9. The van der Waals surface area contributed by atoms with Gasteiger partial charge < -0.3 is 16.8 Å². The van der Waals surface area contributed by atoms with Crippen LogP contribution in [-0.4, -0.2) is 41.8 Å². The molecular formula is C19H15F4N9O. The highest BCUT2D eigenvalue weighted by atomic mass is 19.3. The first-order chi connectivity index (χ1) is 15.6. The number of rotatable bonds is 5. The summed E-state index contributed by atoms with van der Waals surface area (Å²) < 4.78 is 55.9. The van der Waals surface area contributed by atoms with E-state index >= 15 is 0 Å². The molecule has 0 aliphatic rings. The first-order valence-electron chi connectivity index (χ1n) is 9.30. The zero-order chi connectivity index (χ0) is 23.9. The maximum atomic E-state index is 14.1. The van der Waals surface area contributed by atoms with Crippen LogP contribution in [0.3, 0.4) is 0 Å². The van der Waals surface area contributed by atoms with E-state index in [1.54, 1.807) is 0 Å². The van der Waals surface area contributed by atoms with Gasteiger partial charge in [-0.05, 0) is 18.2 Å². The minimum atomic E-state index is -3.69. The number of hydrogen-bond acceptors (Lipinski definition) is 8. The van der Waals surface area contributed by atoms with Crippen molar-refractivity contribution in [3.05, 3.63) is 47.7 Å². The molecule has 0 radical (unpaired) electrons. The van der Waals surface area contributed by atoms with Crippen LogP contribution in [0.25, 0.3) is 22.6 Å². The Balaban J connectivity index is 1.79. The summed E-state index contributed by atoms with van der Waals surface area (Å²) in [6.07, 6.45) is 1.35. The van der Waals surface area contributed by atoms with Crippen LogP contribution in [0.15, 0.2) is 30.5 Å². The average molecular weight is 461 g/mol. The van der Waals surface area contributed by atoms with Crippen LogP contribution in [-0.2, 0) is 11.3 Å². The van der Waals surface area contributed by atoms with Crippen molar-refractivity contribution in [3.63, 3.8) is 0 Å². The summed E-state index contributed by atoms with van der Waals surface area (Å²) in [5.74, 6) is -7.79. The number of carbonyl (C=O) groups is 1. The number of nitrogens with zero attached hydrogens (tertiary/aromatic N) is 6. The number of hydrogen-bond donors (Lipinski definition) is 3. The van der Waals surface area contributed by atoms with Crippen molar-refractivity contribution in [1.82, 2.24) is 29.9 Å². The third kappa shape index (κ3) is 4.09. The summed E-state index contributed by atoms with van der Waals surface area (Å²) >= 11 is 0. The van der Waals surface area contributed by atoms with Crippen LogP contribution in [0.4, 0.5) is 34.9 Å². The maximum Gasteiger partial charge on any atom is 0.322 e. The van der Waals surface area contributed by atoms with Crippen LogP contribution >= 0.6 is 0 Å². The predicted molar refractivity (Wildman–Crippen MR) is 110 cm³/mol. The topological polar surface area (TPSA) is 151 Å². The molecule has 0 atom stereocenters. The van der Waals surface area contributed by atoms with E-state index in [9.17, 15) is 22.4 Å². The van der Waals surface area contributed by atoms with Gasteiger partial charge in [-0.3, -0.25) is 4.79 Å². The molecule has 0 spiro atoms. The van der Waals surface area contributed by atoms with Gasteiger partial charge in [-0.15, -0.1) is 5.10 Å². The Labute approximate surface area is 182 Å². The van der Waals surface area contributed by atoms with Gasteiger partial charge in [-0.2, -0.15) is 19.0 Å². The molecule has 14 heteroatoms. The van der Waals surface area contributed by atoms with Crippen LogP contribution in [0.1, 0.15) is 12.5 Å². The van der Waals surface area contributed by atoms with E-state index in [1.165, 1.54) is 23.0 Å². The molecule has 33 heavy (non-hydrogen) atoms. The maximum absolute atomic E-state index is 14.1. The molecule has 0 bridgehead atoms. The monoisotopic (exact) mass is 461 g/mol. The summed E-state index contributed by atoms with van der Waals surface area (Å²) in [5, 5.41) is 14.3. The predicted octanol–water partition coefficient (Wildman–Crippen LogP) is 2.37. The minimum absolute atomic E-state index is 0.0914. The number of amides is 1. The Morgan fingerprint density at radius 1 is 1.12 bits per heavy atom. The molecule has 0 saturated carbocycles. The molecule has 0 aliphatic heterocycles. The molecule has 0 aliphatic carbocycles. The second-order valence-corrected chi connectivity index (χ2v) is 7.01. The van der Waals surface area contributed by atoms with Crippen LogP contribution in [0.2, 0.25) is 0 Å². The molecule has 3 aromatic heterocycles. The fraction of sp³-hybridized carbons (Fsp3) is 0.158. The summed E-state index contributed by atoms with van der Waals surface area (Å²) in [7, 11) is 0. The lowest BCUT2D eigenvalue weighted by Crippen LogP contribution is -2.32. The smallest absolute Gasteiger partial charge is 0.322 e. The van der Waals surface area contributed by atoms with E-state index in [-0.39, 0.29) is 46.6 Å². The number of nitrogens with one attached hydrogen (secondary N) is 1. The highest BCUT2D eigenvalue weighted by Crippen LogP contribution is 2.31. The fourth-order valence-corrected chi connectivity index (χ4v) is 2.98.